The molecule has 2 aliphatic carbocycles. The van der Waals surface area contributed by atoms with Gasteiger partial charge in [-0.3, -0.25) is 0 Å². The van der Waals surface area contributed by atoms with E-state index < -0.39 is 0 Å². The quantitative estimate of drug-likeness (QED) is 0.659. The minimum atomic E-state index is -0.107. The second-order valence-corrected chi connectivity index (χ2v) is 8.97. The Bertz CT molecular complexity index is 305. The highest BCUT2D eigenvalue weighted by atomic mass is 32.2. The molecule has 2 heteroatoms. The Labute approximate surface area is 130 Å². The molecule has 0 aromatic heterocycles. The molecule has 20 heavy (non-hydrogen) atoms. The average molecular weight is 299 g/mol. The van der Waals surface area contributed by atoms with E-state index in [0.29, 0.717) is 16.1 Å². The third-order valence-electron chi connectivity index (χ3n) is 6.59. The first kappa shape index (κ1) is 16.7. The molecular formula is C18H34OS. The van der Waals surface area contributed by atoms with Crippen molar-refractivity contribution in [1.82, 2.24) is 0 Å². The third-order valence-corrected chi connectivity index (χ3v) is 8.29. The van der Waals surface area contributed by atoms with Gasteiger partial charge in [-0.25, -0.2) is 0 Å². The molecule has 2 fully saturated rings. The second-order valence-electron chi connectivity index (χ2n) is 7.74. The van der Waals surface area contributed by atoms with Crippen molar-refractivity contribution in [3.05, 3.63) is 0 Å². The zero-order chi connectivity index (χ0) is 14.8. The third kappa shape index (κ3) is 2.92. The van der Waals surface area contributed by atoms with Crippen molar-refractivity contribution in [2.45, 2.75) is 90.4 Å². The van der Waals surface area contributed by atoms with Crippen LogP contribution in [0.1, 0.15) is 79.1 Å². The molecular weight excluding hydrogens is 264 g/mol. The first-order chi connectivity index (χ1) is 9.47. The highest BCUT2D eigenvalue weighted by Crippen LogP contribution is 2.66. The maximum Gasteiger partial charge on any atom is 0.0656 e. The molecule has 118 valence electrons. The molecule has 2 atom stereocenters. The van der Waals surface area contributed by atoms with E-state index in [9.17, 15) is 5.11 Å². The summed E-state index contributed by atoms with van der Waals surface area (Å²) < 4.78 is 0. The van der Waals surface area contributed by atoms with Gasteiger partial charge in [0.15, 0.2) is 0 Å². The summed E-state index contributed by atoms with van der Waals surface area (Å²) in [6.07, 6.45) is 10.2. The number of unbranched alkanes of at least 4 members (excludes halogenated alkanes) is 1. The first-order valence-corrected chi connectivity index (χ1v) is 9.81. The summed E-state index contributed by atoms with van der Waals surface area (Å²) in [5.74, 6) is 2.25. The van der Waals surface area contributed by atoms with Gasteiger partial charge in [0.2, 0.25) is 0 Å². The van der Waals surface area contributed by atoms with E-state index in [1.54, 1.807) is 0 Å². The monoisotopic (exact) mass is 298 g/mol. The van der Waals surface area contributed by atoms with Crippen molar-refractivity contribution < 1.29 is 5.11 Å². The molecule has 0 spiro atoms. The molecule has 1 unspecified atom stereocenters. The predicted octanol–water partition coefficient (Wildman–Crippen LogP) is 5.27. The van der Waals surface area contributed by atoms with E-state index in [1.807, 2.05) is 0 Å². The molecule has 1 N–H and O–H groups in total. The van der Waals surface area contributed by atoms with Crippen LogP contribution in [0.25, 0.3) is 0 Å². The van der Waals surface area contributed by atoms with E-state index in [0.717, 1.165) is 12.3 Å². The SMILES string of the molecule is CCCCC(SCC12CCC(CC1)C2(C)C)[C@H](O)CC. The predicted molar refractivity (Wildman–Crippen MR) is 90.2 cm³/mol. The fourth-order valence-corrected chi connectivity index (χ4v) is 6.56. The van der Waals surface area contributed by atoms with Crippen LogP contribution in [0, 0.1) is 16.7 Å². The van der Waals surface area contributed by atoms with Gasteiger partial charge in [0.1, 0.15) is 0 Å². The van der Waals surface area contributed by atoms with Crippen LogP contribution < -0.4 is 0 Å². The van der Waals surface area contributed by atoms with E-state index in [-0.39, 0.29) is 6.10 Å². The number of aliphatic hydroxyl groups is 1. The Morgan fingerprint density at radius 2 is 1.85 bits per heavy atom. The molecule has 0 aliphatic heterocycles. The summed E-state index contributed by atoms with van der Waals surface area (Å²) in [7, 11) is 0. The van der Waals surface area contributed by atoms with Gasteiger partial charge in [0.25, 0.3) is 0 Å². The molecule has 0 saturated heterocycles. The standard InChI is InChI=1S/C18H34OS/c1-5-7-8-16(15(19)6-2)20-13-18-11-9-14(10-12-18)17(18,3)4/h14-16,19H,5-13H2,1-4H3/t14?,15-,16?,18?/m1/s1. The van der Waals surface area contributed by atoms with Crippen molar-refractivity contribution in [3.63, 3.8) is 0 Å². The fraction of sp³-hybridized carbons (Fsp3) is 1.00. The van der Waals surface area contributed by atoms with Crippen LogP contribution in [0.3, 0.4) is 0 Å². The molecule has 0 heterocycles. The summed E-state index contributed by atoms with van der Waals surface area (Å²) in [5, 5.41) is 10.8. The van der Waals surface area contributed by atoms with Gasteiger partial charge in [0.05, 0.1) is 6.10 Å². The lowest BCUT2D eigenvalue weighted by Gasteiger charge is -2.39. The molecule has 0 radical (unpaired) electrons. The zero-order valence-corrected chi connectivity index (χ0v) is 14.8. The molecule has 2 rings (SSSR count). The minimum absolute atomic E-state index is 0.107. The van der Waals surface area contributed by atoms with Gasteiger partial charge >= 0.3 is 0 Å². The lowest BCUT2D eigenvalue weighted by Crippen LogP contribution is -2.34. The van der Waals surface area contributed by atoms with Crippen LogP contribution in [-0.2, 0) is 0 Å². The normalized spacial score (nSPS) is 34.4. The van der Waals surface area contributed by atoms with Crippen LogP contribution in [0.4, 0.5) is 0 Å². The lowest BCUT2D eigenvalue weighted by molar-refractivity contribution is 0.152. The number of rotatable bonds is 8. The number of fused-ring (bicyclic) bond motifs is 2. The summed E-state index contributed by atoms with van der Waals surface area (Å²) in [4.78, 5) is 0. The largest absolute Gasteiger partial charge is 0.392 e. The van der Waals surface area contributed by atoms with Crippen LogP contribution in [0.5, 0.6) is 0 Å². The van der Waals surface area contributed by atoms with E-state index in [2.05, 4.69) is 39.5 Å². The number of hydrogen-bond donors (Lipinski definition) is 1. The van der Waals surface area contributed by atoms with Crippen molar-refractivity contribution in [2.75, 3.05) is 5.75 Å². The fourth-order valence-electron chi connectivity index (χ4n) is 4.62. The average Bonchev–Trinajstić information content (AvgIpc) is 2.84. The summed E-state index contributed by atoms with van der Waals surface area (Å²) >= 11 is 2.09. The molecule has 0 aromatic rings. The summed E-state index contributed by atoms with van der Waals surface area (Å²) in [5.41, 5.74) is 1.10. The molecule has 2 bridgehead atoms. The number of hydrogen-bond acceptors (Lipinski definition) is 2. The van der Waals surface area contributed by atoms with Crippen LogP contribution in [-0.4, -0.2) is 22.2 Å². The molecule has 0 aromatic carbocycles. The van der Waals surface area contributed by atoms with Gasteiger partial charge in [-0.15, -0.1) is 0 Å². The Morgan fingerprint density at radius 1 is 1.20 bits per heavy atom. The van der Waals surface area contributed by atoms with Gasteiger partial charge < -0.3 is 5.11 Å². The van der Waals surface area contributed by atoms with Crippen LogP contribution >= 0.6 is 11.8 Å². The summed E-state index contributed by atoms with van der Waals surface area (Å²) in [6, 6.07) is 0. The van der Waals surface area contributed by atoms with E-state index in [4.69, 9.17) is 0 Å². The Kier molecular flexibility index (Phi) is 5.51. The van der Waals surface area contributed by atoms with Gasteiger partial charge in [-0.05, 0) is 61.0 Å². The highest BCUT2D eigenvalue weighted by Gasteiger charge is 2.58. The molecule has 1 nitrogen and oxygen atoms in total. The maximum absolute atomic E-state index is 10.3. The van der Waals surface area contributed by atoms with Gasteiger partial charge in [-0.1, -0.05) is 40.5 Å². The van der Waals surface area contributed by atoms with Gasteiger partial charge in [-0.2, -0.15) is 11.8 Å². The smallest absolute Gasteiger partial charge is 0.0656 e. The lowest BCUT2D eigenvalue weighted by atomic mass is 9.71. The molecule has 2 saturated carbocycles. The second kappa shape index (κ2) is 6.60. The number of thioether (sulfide) groups is 1. The maximum atomic E-state index is 10.3. The topological polar surface area (TPSA) is 20.2 Å². The molecule has 2 aliphatic rings. The minimum Gasteiger partial charge on any atom is -0.392 e. The summed E-state index contributed by atoms with van der Waals surface area (Å²) in [6.45, 7) is 9.39. The van der Waals surface area contributed by atoms with E-state index >= 15 is 0 Å². The number of aliphatic hydroxyl groups excluding tert-OH is 1. The van der Waals surface area contributed by atoms with Gasteiger partial charge in [0, 0.05) is 5.25 Å². The highest BCUT2D eigenvalue weighted by molar-refractivity contribution is 8.00. The van der Waals surface area contributed by atoms with Crippen LogP contribution in [0.2, 0.25) is 0 Å². The van der Waals surface area contributed by atoms with Crippen molar-refractivity contribution in [1.29, 1.82) is 0 Å². The van der Waals surface area contributed by atoms with Crippen LogP contribution in [0.15, 0.2) is 0 Å². The Balaban J connectivity index is 1.95. The van der Waals surface area contributed by atoms with Crippen molar-refractivity contribution in [2.24, 2.45) is 16.7 Å². The Hall–Kier alpha value is 0.310. The van der Waals surface area contributed by atoms with E-state index in [1.165, 1.54) is 50.7 Å². The first-order valence-electron chi connectivity index (χ1n) is 8.76. The Morgan fingerprint density at radius 3 is 2.30 bits per heavy atom. The van der Waals surface area contributed by atoms with Crippen molar-refractivity contribution >= 4 is 11.8 Å². The zero-order valence-electron chi connectivity index (χ0n) is 14.0. The molecule has 0 amide bonds. The van der Waals surface area contributed by atoms with Crippen molar-refractivity contribution in [3.8, 4) is 0 Å².